The second-order valence-electron chi connectivity index (χ2n) is 3.85. The average Bonchev–Trinajstić information content (AvgIpc) is 2.44. The summed E-state index contributed by atoms with van der Waals surface area (Å²) >= 11 is 0. The Hall–Kier alpha value is -2.69. The van der Waals surface area contributed by atoms with E-state index in [0.717, 1.165) is 0 Å². The van der Waals surface area contributed by atoms with Crippen LogP contribution in [0.3, 0.4) is 0 Å². The van der Waals surface area contributed by atoms with Gasteiger partial charge in [0.15, 0.2) is 5.82 Å². The molecule has 5 nitrogen and oxygen atoms in total. The normalized spacial score (nSPS) is 10.7. The largest absolute Gasteiger partial charge is 0.382 e. The van der Waals surface area contributed by atoms with Crippen molar-refractivity contribution in [1.29, 1.82) is 0 Å². The molecule has 0 atom stereocenters. The first-order valence-electron chi connectivity index (χ1n) is 5.45. The number of rotatable bonds is 1. The first kappa shape index (κ1) is 10.5. The molecule has 5 heteroatoms. The molecule has 0 saturated carbocycles. The Balaban J connectivity index is 2.39. The van der Waals surface area contributed by atoms with Gasteiger partial charge in [-0.1, -0.05) is 18.2 Å². The van der Waals surface area contributed by atoms with Crippen LogP contribution in [-0.2, 0) is 0 Å². The van der Waals surface area contributed by atoms with Gasteiger partial charge in [-0.25, -0.2) is 0 Å². The van der Waals surface area contributed by atoms with Crippen LogP contribution in [0.25, 0.3) is 16.5 Å². The van der Waals surface area contributed by atoms with Gasteiger partial charge in [0, 0.05) is 17.8 Å². The third-order valence-electron chi connectivity index (χ3n) is 2.74. The number of pyridine rings is 1. The molecule has 2 heterocycles. The van der Waals surface area contributed by atoms with Crippen LogP contribution < -0.4 is 11.3 Å². The van der Waals surface area contributed by atoms with Crippen LogP contribution in [-0.4, -0.2) is 14.8 Å². The molecule has 0 spiro atoms. The van der Waals surface area contributed by atoms with E-state index in [4.69, 9.17) is 5.73 Å². The molecule has 2 aromatic heterocycles. The van der Waals surface area contributed by atoms with Gasteiger partial charge in [-0.3, -0.25) is 9.78 Å². The molecule has 0 unspecified atom stereocenters. The number of nitrogens with zero attached hydrogens (tertiary/aromatic N) is 3. The summed E-state index contributed by atoms with van der Waals surface area (Å²) in [6.07, 6.45) is 3.21. The van der Waals surface area contributed by atoms with Crippen LogP contribution in [0, 0.1) is 0 Å². The first-order chi connectivity index (χ1) is 8.77. The highest BCUT2D eigenvalue weighted by Crippen LogP contribution is 2.15. The summed E-state index contributed by atoms with van der Waals surface area (Å²) in [6.45, 7) is 0. The van der Waals surface area contributed by atoms with Crippen molar-refractivity contribution in [3.05, 3.63) is 59.1 Å². The molecule has 2 N–H and O–H groups in total. The van der Waals surface area contributed by atoms with Crippen LogP contribution in [0.5, 0.6) is 0 Å². The predicted molar refractivity (Wildman–Crippen MR) is 69.5 cm³/mol. The number of aromatic nitrogens is 3. The molecule has 0 aliphatic rings. The van der Waals surface area contributed by atoms with E-state index in [1.165, 1.54) is 4.68 Å². The van der Waals surface area contributed by atoms with Gasteiger partial charge in [0.2, 0.25) is 0 Å². The Morgan fingerprint density at radius 2 is 1.67 bits per heavy atom. The van der Waals surface area contributed by atoms with E-state index in [0.29, 0.717) is 22.3 Å². The van der Waals surface area contributed by atoms with Crippen molar-refractivity contribution in [2.45, 2.75) is 0 Å². The minimum atomic E-state index is -0.189. The SMILES string of the molecule is Nc1nn(-c2ccncc2)c(=O)c2ccccc12. The van der Waals surface area contributed by atoms with E-state index in [9.17, 15) is 4.79 Å². The van der Waals surface area contributed by atoms with Crippen molar-refractivity contribution in [2.75, 3.05) is 5.73 Å². The van der Waals surface area contributed by atoms with Gasteiger partial charge < -0.3 is 5.73 Å². The first-order valence-corrected chi connectivity index (χ1v) is 5.45. The summed E-state index contributed by atoms with van der Waals surface area (Å²) in [4.78, 5) is 16.2. The standard InChI is InChI=1S/C13H10N4O/c14-12-10-3-1-2-4-11(10)13(18)17(16-12)9-5-7-15-8-6-9/h1-8H,(H2,14,16). The second-order valence-corrected chi connectivity index (χ2v) is 3.85. The molecule has 0 amide bonds. The lowest BCUT2D eigenvalue weighted by Crippen LogP contribution is -2.22. The minimum Gasteiger partial charge on any atom is -0.382 e. The molecule has 3 rings (SSSR count). The summed E-state index contributed by atoms with van der Waals surface area (Å²) in [5.74, 6) is 0.335. The van der Waals surface area contributed by atoms with Gasteiger partial charge in [-0.15, -0.1) is 5.10 Å². The van der Waals surface area contributed by atoms with Gasteiger partial charge in [0.05, 0.1) is 11.1 Å². The predicted octanol–water partition coefficient (Wildman–Crippen LogP) is 1.36. The molecule has 0 bridgehead atoms. The topological polar surface area (TPSA) is 73.8 Å². The number of hydrogen-bond donors (Lipinski definition) is 1. The van der Waals surface area contributed by atoms with Crippen molar-refractivity contribution < 1.29 is 0 Å². The zero-order valence-electron chi connectivity index (χ0n) is 9.45. The van der Waals surface area contributed by atoms with Gasteiger partial charge in [0.1, 0.15) is 0 Å². The number of nitrogens with two attached hydrogens (primary N) is 1. The zero-order valence-corrected chi connectivity index (χ0v) is 9.45. The number of hydrogen-bond acceptors (Lipinski definition) is 4. The fourth-order valence-electron chi connectivity index (χ4n) is 1.87. The summed E-state index contributed by atoms with van der Waals surface area (Å²) in [5, 5.41) is 5.36. The molecular weight excluding hydrogens is 228 g/mol. The van der Waals surface area contributed by atoms with Crippen molar-refractivity contribution in [1.82, 2.24) is 14.8 Å². The molecule has 0 saturated heterocycles. The Morgan fingerprint density at radius 3 is 2.39 bits per heavy atom. The highest BCUT2D eigenvalue weighted by molar-refractivity contribution is 5.90. The summed E-state index contributed by atoms with van der Waals surface area (Å²) in [5.41, 5.74) is 6.33. The fraction of sp³-hybridized carbons (Fsp3) is 0. The Morgan fingerprint density at radius 1 is 1.00 bits per heavy atom. The monoisotopic (exact) mass is 238 g/mol. The molecule has 88 valence electrons. The molecule has 0 radical (unpaired) electrons. The number of anilines is 1. The smallest absolute Gasteiger partial charge is 0.279 e. The third kappa shape index (κ3) is 1.53. The molecule has 0 aliphatic heterocycles. The van der Waals surface area contributed by atoms with Crippen molar-refractivity contribution in [3.8, 4) is 5.69 Å². The Bertz CT molecular complexity index is 765. The van der Waals surface area contributed by atoms with Gasteiger partial charge in [0.25, 0.3) is 5.56 Å². The van der Waals surface area contributed by atoms with Gasteiger partial charge >= 0.3 is 0 Å². The Labute approximate surface area is 103 Å². The van der Waals surface area contributed by atoms with E-state index in [1.807, 2.05) is 6.07 Å². The van der Waals surface area contributed by atoms with Crippen molar-refractivity contribution in [2.24, 2.45) is 0 Å². The number of benzene rings is 1. The second kappa shape index (κ2) is 3.96. The van der Waals surface area contributed by atoms with E-state index in [-0.39, 0.29) is 5.56 Å². The van der Waals surface area contributed by atoms with Gasteiger partial charge in [-0.2, -0.15) is 4.68 Å². The fourth-order valence-corrected chi connectivity index (χ4v) is 1.87. The minimum absolute atomic E-state index is 0.189. The van der Waals surface area contributed by atoms with Crippen molar-refractivity contribution in [3.63, 3.8) is 0 Å². The van der Waals surface area contributed by atoms with Crippen molar-refractivity contribution >= 4 is 16.6 Å². The summed E-state index contributed by atoms with van der Waals surface area (Å²) in [6, 6.07) is 10.6. The summed E-state index contributed by atoms with van der Waals surface area (Å²) in [7, 11) is 0. The molecule has 0 fully saturated rings. The quantitative estimate of drug-likeness (QED) is 0.694. The van der Waals surface area contributed by atoms with E-state index in [2.05, 4.69) is 10.1 Å². The summed E-state index contributed by atoms with van der Waals surface area (Å²) < 4.78 is 1.29. The zero-order chi connectivity index (χ0) is 12.5. The lowest BCUT2D eigenvalue weighted by molar-refractivity contribution is 0.826. The maximum absolute atomic E-state index is 12.3. The van der Waals surface area contributed by atoms with Crippen LogP contribution in [0.1, 0.15) is 0 Å². The van der Waals surface area contributed by atoms with Crippen LogP contribution in [0.4, 0.5) is 5.82 Å². The average molecular weight is 238 g/mol. The van der Waals surface area contributed by atoms with Crippen LogP contribution in [0.15, 0.2) is 53.6 Å². The van der Waals surface area contributed by atoms with E-state index >= 15 is 0 Å². The molecule has 0 aliphatic carbocycles. The molecule has 1 aromatic carbocycles. The highest BCUT2D eigenvalue weighted by Gasteiger charge is 2.08. The van der Waals surface area contributed by atoms with E-state index < -0.39 is 0 Å². The highest BCUT2D eigenvalue weighted by atomic mass is 16.1. The van der Waals surface area contributed by atoms with Gasteiger partial charge in [-0.05, 0) is 18.2 Å². The lowest BCUT2D eigenvalue weighted by Gasteiger charge is -2.07. The molecule has 18 heavy (non-hydrogen) atoms. The maximum atomic E-state index is 12.3. The van der Waals surface area contributed by atoms with Crippen LogP contribution in [0.2, 0.25) is 0 Å². The third-order valence-corrected chi connectivity index (χ3v) is 2.74. The van der Waals surface area contributed by atoms with E-state index in [1.54, 1.807) is 42.7 Å². The Kier molecular flexibility index (Phi) is 2.30. The van der Waals surface area contributed by atoms with Crippen LogP contribution >= 0.6 is 0 Å². The lowest BCUT2D eigenvalue weighted by atomic mass is 10.2. The maximum Gasteiger partial charge on any atom is 0.279 e. The number of fused-ring (bicyclic) bond motifs is 1. The molecule has 3 aromatic rings. The molecular formula is C13H10N4O. The number of nitrogen functional groups attached to an aromatic ring is 1.